The van der Waals surface area contributed by atoms with Crippen LogP contribution >= 0.6 is 11.3 Å². The number of amides is 1. The zero-order chi connectivity index (χ0) is 13.0. The van der Waals surface area contributed by atoms with Crippen molar-refractivity contribution in [3.05, 3.63) is 15.6 Å². The van der Waals surface area contributed by atoms with Gasteiger partial charge in [0.2, 0.25) is 0 Å². The molecule has 0 bridgehead atoms. The molecule has 0 aliphatic carbocycles. The van der Waals surface area contributed by atoms with E-state index in [4.69, 9.17) is 5.11 Å². The average molecular weight is 256 g/mol. The maximum atomic E-state index is 12.1. The molecule has 0 radical (unpaired) electrons. The Morgan fingerprint density at radius 1 is 1.41 bits per heavy atom. The topological polar surface area (TPSA) is 70.5 Å². The van der Waals surface area contributed by atoms with E-state index in [1.54, 1.807) is 13.8 Å². The van der Waals surface area contributed by atoms with Gasteiger partial charge in [0.05, 0.1) is 10.7 Å². The molecule has 5 nitrogen and oxygen atoms in total. The highest BCUT2D eigenvalue weighted by molar-refractivity contribution is 7.13. The third-order valence-corrected chi connectivity index (χ3v) is 3.62. The summed E-state index contributed by atoms with van der Waals surface area (Å²) in [5.74, 6) is -1.25. The van der Waals surface area contributed by atoms with Crippen LogP contribution in [0.5, 0.6) is 0 Å². The molecule has 94 valence electrons. The van der Waals surface area contributed by atoms with Crippen LogP contribution in [0, 0.1) is 6.92 Å². The molecular weight excluding hydrogens is 240 g/mol. The van der Waals surface area contributed by atoms with Gasteiger partial charge >= 0.3 is 5.97 Å². The van der Waals surface area contributed by atoms with E-state index in [0.717, 1.165) is 11.4 Å². The van der Waals surface area contributed by atoms with E-state index in [9.17, 15) is 9.59 Å². The number of carbonyl (C=O) groups is 2. The second kappa shape index (κ2) is 5.77. The summed E-state index contributed by atoms with van der Waals surface area (Å²) in [4.78, 5) is 28.9. The van der Waals surface area contributed by atoms with E-state index in [1.165, 1.54) is 16.2 Å². The van der Waals surface area contributed by atoms with Crippen LogP contribution in [0.1, 0.15) is 34.2 Å². The van der Waals surface area contributed by atoms with E-state index in [1.807, 2.05) is 6.92 Å². The third-order valence-electron chi connectivity index (χ3n) is 2.33. The smallest absolute Gasteiger partial charge is 0.323 e. The Hall–Kier alpha value is -1.43. The molecule has 17 heavy (non-hydrogen) atoms. The van der Waals surface area contributed by atoms with Gasteiger partial charge in [-0.2, -0.15) is 0 Å². The number of aromatic nitrogens is 1. The minimum Gasteiger partial charge on any atom is -0.480 e. The van der Waals surface area contributed by atoms with Crippen LogP contribution in [0.4, 0.5) is 0 Å². The molecule has 0 aliphatic heterocycles. The average Bonchev–Trinajstić information content (AvgIpc) is 2.66. The lowest BCUT2D eigenvalue weighted by Gasteiger charge is -2.17. The Bertz CT molecular complexity index is 428. The molecule has 1 rings (SSSR count). The van der Waals surface area contributed by atoms with Gasteiger partial charge in [-0.15, -0.1) is 11.3 Å². The second-order valence-corrected chi connectivity index (χ2v) is 4.67. The van der Waals surface area contributed by atoms with Crippen LogP contribution in [0.15, 0.2) is 0 Å². The Morgan fingerprint density at radius 3 is 2.47 bits per heavy atom. The van der Waals surface area contributed by atoms with Crippen LogP contribution in [0.3, 0.4) is 0 Å². The lowest BCUT2D eigenvalue weighted by Crippen LogP contribution is -2.35. The summed E-state index contributed by atoms with van der Waals surface area (Å²) in [5, 5.41) is 9.63. The summed E-state index contributed by atoms with van der Waals surface area (Å²) < 4.78 is 0. The number of hydrogen-bond donors (Lipinski definition) is 1. The summed E-state index contributed by atoms with van der Waals surface area (Å²) in [7, 11) is 0. The Balaban J connectivity index is 2.93. The first-order valence-corrected chi connectivity index (χ1v) is 6.28. The first kappa shape index (κ1) is 13.6. The van der Waals surface area contributed by atoms with Crippen molar-refractivity contribution in [2.24, 2.45) is 0 Å². The second-order valence-electron chi connectivity index (χ2n) is 3.59. The van der Waals surface area contributed by atoms with Gasteiger partial charge in [0.1, 0.15) is 11.4 Å². The Kier molecular flexibility index (Phi) is 4.62. The van der Waals surface area contributed by atoms with Crippen molar-refractivity contribution in [1.29, 1.82) is 0 Å². The van der Waals surface area contributed by atoms with Crippen molar-refractivity contribution in [3.63, 3.8) is 0 Å². The molecule has 1 N–H and O–H groups in total. The highest BCUT2D eigenvalue weighted by Gasteiger charge is 2.21. The first-order chi connectivity index (χ1) is 7.99. The molecule has 6 heteroatoms. The Morgan fingerprint density at radius 2 is 2.06 bits per heavy atom. The van der Waals surface area contributed by atoms with Gasteiger partial charge in [-0.25, -0.2) is 4.98 Å². The van der Waals surface area contributed by atoms with E-state index in [0.29, 0.717) is 17.1 Å². The molecule has 0 saturated carbocycles. The fourth-order valence-corrected chi connectivity index (χ4v) is 2.41. The van der Waals surface area contributed by atoms with Crippen molar-refractivity contribution in [3.8, 4) is 0 Å². The quantitative estimate of drug-likeness (QED) is 0.868. The number of carbonyl (C=O) groups excluding carboxylic acids is 1. The summed E-state index contributed by atoms with van der Waals surface area (Å²) in [5.41, 5.74) is 0.681. The van der Waals surface area contributed by atoms with E-state index in [2.05, 4.69) is 4.98 Å². The predicted molar refractivity (Wildman–Crippen MR) is 65.4 cm³/mol. The zero-order valence-electron chi connectivity index (χ0n) is 10.2. The minimum atomic E-state index is -1.00. The molecule has 0 unspecified atom stereocenters. The number of carboxylic acids is 1. The molecule has 0 saturated heterocycles. The number of aryl methyl sites for hydroxylation is 2. The monoisotopic (exact) mass is 256 g/mol. The molecule has 0 fully saturated rings. The van der Waals surface area contributed by atoms with Gasteiger partial charge in [-0.3, -0.25) is 9.59 Å². The standard InChI is InChI=1S/C11H16N2O3S/c1-4-8-12-7(3)10(17-8)11(16)13(5-2)6-9(14)15/h4-6H2,1-3H3,(H,14,15). The van der Waals surface area contributed by atoms with Gasteiger partial charge < -0.3 is 10.0 Å². The number of hydrogen-bond acceptors (Lipinski definition) is 4. The van der Waals surface area contributed by atoms with Crippen LogP contribution in [-0.4, -0.2) is 40.0 Å². The summed E-state index contributed by atoms with van der Waals surface area (Å²) in [6.07, 6.45) is 0.782. The first-order valence-electron chi connectivity index (χ1n) is 5.46. The van der Waals surface area contributed by atoms with E-state index >= 15 is 0 Å². The molecule has 1 amide bonds. The van der Waals surface area contributed by atoms with Crippen LogP contribution in [0.2, 0.25) is 0 Å². The summed E-state index contributed by atoms with van der Waals surface area (Å²) in [6.45, 7) is 5.62. The minimum absolute atomic E-state index is 0.246. The Labute approximate surface area is 104 Å². The fourth-order valence-electron chi connectivity index (χ4n) is 1.44. The summed E-state index contributed by atoms with van der Waals surface area (Å²) in [6, 6.07) is 0. The molecular formula is C11H16N2O3S. The van der Waals surface area contributed by atoms with Gasteiger partial charge in [-0.05, 0) is 20.3 Å². The van der Waals surface area contributed by atoms with Crippen molar-refractivity contribution < 1.29 is 14.7 Å². The number of rotatable bonds is 5. The number of likely N-dealkylation sites (N-methyl/N-ethyl adjacent to an activating group) is 1. The number of thiazole rings is 1. The fraction of sp³-hybridized carbons (Fsp3) is 0.545. The molecule has 0 aromatic carbocycles. The highest BCUT2D eigenvalue weighted by Crippen LogP contribution is 2.20. The largest absolute Gasteiger partial charge is 0.480 e. The van der Waals surface area contributed by atoms with Crippen molar-refractivity contribution in [2.75, 3.05) is 13.1 Å². The maximum absolute atomic E-state index is 12.1. The number of nitrogens with zero attached hydrogens (tertiary/aromatic N) is 2. The molecule has 0 spiro atoms. The lowest BCUT2D eigenvalue weighted by molar-refractivity contribution is -0.137. The molecule has 1 heterocycles. The van der Waals surface area contributed by atoms with Crippen LogP contribution < -0.4 is 0 Å². The third kappa shape index (κ3) is 3.26. The number of aliphatic carboxylic acids is 1. The van der Waals surface area contributed by atoms with E-state index < -0.39 is 5.97 Å². The highest BCUT2D eigenvalue weighted by atomic mass is 32.1. The maximum Gasteiger partial charge on any atom is 0.323 e. The predicted octanol–water partition coefficient (Wildman–Crippen LogP) is 1.56. The van der Waals surface area contributed by atoms with E-state index in [-0.39, 0.29) is 12.5 Å². The van der Waals surface area contributed by atoms with Gasteiger partial charge in [0.15, 0.2) is 0 Å². The van der Waals surface area contributed by atoms with Crippen LogP contribution in [0.25, 0.3) is 0 Å². The van der Waals surface area contributed by atoms with Crippen molar-refractivity contribution in [1.82, 2.24) is 9.88 Å². The summed E-state index contributed by atoms with van der Waals surface area (Å²) >= 11 is 1.34. The SMILES string of the molecule is CCc1nc(C)c(C(=O)N(CC)CC(=O)O)s1. The van der Waals surface area contributed by atoms with Crippen molar-refractivity contribution >= 4 is 23.2 Å². The molecule has 0 aliphatic rings. The van der Waals surface area contributed by atoms with Gasteiger partial charge in [-0.1, -0.05) is 6.92 Å². The zero-order valence-corrected chi connectivity index (χ0v) is 11.0. The lowest BCUT2D eigenvalue weighted by atomic mass is 10.3. The number of carboxylic acid groups (broad SMARTS) is 1. The molecule has 1 aromatic rings. The van der Waals surface area contributed by atoms with Crippen LogP contribution in [-0.2, 0) is 11.2 Å². The van der Waals surface area contributed by atoms with Gasteiger partial charge in [0, 0.05) is 6.54 Å². The normalized spacial score (nSPS) is 10.3. The van der Waals surface area contributed by atoms with Gasteiger partial charge in [0.25, 0.3) is 5.91 Å². The molecule has 0 atom stereocenters. The van der Waals surface area contributed by atoms with Crippen molar-refractivity contribution in [2.45, 2.75) is 27.2 Å². The molecule has 1 aromatic heterocycles.